The molecule has 22 heavy (non-hydrogen) atoms. The van der Waals surface area contributed by atoms with E-state index in [2.05, 4.69) is 10.6 Å². The number of carbonyl (C=O) groups is 1. The van der Waals surface area contributed by atoms with Gasteiger partial charge in [0, 0.05) is 0 Å². The lowest BCUT2D eigenvalue weighted by Crippen LogP contribution is -2.44. The summed E-state index contributed by atoms with van der Waals surface area (Å²) < 4.78 is 10.6. The van der Waals surface area contributed by atoms with Gasteiger partial charge in [0.15, 0.2) is 0 Å². The molecule has 0 aliphatic heterocycles. The summed E-state index contributed by atoms with van der Waals surface area (Å²) in [5.74, 6) is 1.16. The quantitative estimate of drug-likeness (QED) is 0.682. The van der Waals surface area contributed by atoms with Crippen LogP contribution in [0.2, 0.25) is 0 Å². The van der Waals surface area contributed by atoms with Crippen molar-refractivity contribution in [3.8, 4) is 5.75 Å². The van der Waals surface area contributed by atoms with E-state index in [0.717, 1.165) is 5.75 Å². The van der Waals surface area contributed by atoms with E-state index in [4.69, 9.17) is 9.15 Å². The van der Waals surface area contributed by atoms with Crippen LogP contribution in [0.4, 0.5) is 4.79 Å². The van der Waals surface area contributed by atoms with Crippen LogP contribution < -0.4 is 15.4 Å². The largest absolute Gasteiger partial charge is 0.492 e. The van der Waals surface area contributed by atoms with Crippen molar-refractivity contribution >= 4 is 6.03 Å². The standard InChI is InChI=1S/C16H20N2O4/c1-16(20,14-8-5-10-22-14)12-18-15(19)17-9-11-21-13-6-3-2-4-7-13/h2-8,10,20H,9,11-12H2,1H3,(H2,17,18,19). The minimum atomic E-state index is -1.25. The van der Waals surface area contributed by atoms with Gasteiger partial charge < -0.3 is 24.9 Å². The fraction of sp³-hybridized carbons (Fsp3) is 0.312. The molecule has 0 spiro atoms. The van der Waals surface area contributed by atoms with Crippen molar-refractivity contribution in [1.82, 2.24) is 10.6 Å². The van der Waals surface area contributed by atoms with Gasteiger partial charge in [-0.2, -0.15) is 0 Å². The highest BCUT2D eigenvalue weighted by Crippen LogP contribution is 2.19. The summed E-state index contributed by atoms with van der Waals surface area (Å²) >= 11 is 0. The number of hydrogen-bond donors (Lipinski definition) is 3. The molecule has 0 saturated carbocycles. The fourth-order valence-electron chi connectivity index (χ4n) is 1.84. The molecule has 1 aromatic heterocycles. The van der Waals surface area contributed by atoms with Gasteiger partial charge in [0.25, 0.3) is 0 Å². The second-order valence-corrected chi connectivity index (χ2v) is 5.02. The van der Waals surface area contributed by atoms with Crippen LogP contribution in [0.15, 0.2) is 53.1 Å². The molecule has 0 saturated heterocycles. The third-order valence-electron chi connectivity index (χ3n) is 3.04. The Kier molecular flexibility index (Phi) is 5.43. The molecule has 6 nitrogen and oxygen atoms in total. The highest BCUT2D eigenvalue weighted by atomic mass is 16.5. The Hall–Kier alpha value is -2.47. The molecule has 3 N–H and O–H groups in total. The van der Waals surface area contributed by atoms with Crippen LogP contribution in [0, 0.1) is 0 Å². The van der Waals surface area contributed by atoms with Crippen LogP contribution in [-0.2, 0) is 5.60 Å². The first-order valence-corrected chi connectivity index (χ1v) is 7.04. The molecule has 1 unspecified atom stereocenters. The van der Waals surface area contributed by atoms with Crippen molar-refractivity contribution in [3.63, 3.8) is 0 Å². The second kappa shape index (κ2) is 7.51. The van der Waals surface area contributed by atoms with Gasteiger partial charge in [-0.25, -0.2) is 4.79 Å². The van der Waals surface area contributed by atoms with Gasteiger partial charge in [0.1, 0.15) is 23.7 Å². The van der Waals surface area contributed by atoms with E-state index in [-0.39, 0.29) is 12.6 Å². The SMILES string of the molecule is CC(O)(CNC(=O)NCCOc1ccccc1)c1ccco1. The van der Waals surface area contributed by atoms with Crippen molar-refractivity contribution in [1.29, 1.82) is 0 Å². The molecular weight excluding hydrogens is 284 g/mol. The minimum absolute atomic E-state index is 0.0475. The highest BCUT2D eigenvalue weighted by molar-refractivity contribution is 5.73. The number of rotatable bonds is 7. The molecule has 0 radical (unpaired) electrons. The number of ether oxygens (including phenoxy) is 1. The average molecular weight is 304 g/mol. The Morgan fingerprint density at radius 3 is 2.68 bits per heavy atom. The van der Waals surface area contributed by atoms with Crippen molar-refractivity contribution < 1.29 is 19.1 Å². The van der Waals surface area contributed by atoms with Crippen LogP contribution in [-0.4, -0.2) is 30.8 Å². The first-order chi connectivity index (χ1) is 10.6. The number of para-hydroxylation sites is 1. The molecule has 0 aliphatic carbocycles. The predicted octanol–water partition coefficient (Wildman–Crippen LogP) is 1.87. The van der Waals surface area contributed by atoms with E-state index in [1.807, 2.05) is 30.3 Å². The first-order valence-electron chi connectivity index (χ1n) is 7.04. The number of benzene rings is 1. The lowest BCUT2D eigenvalue weighted by atomic mass is 10.0. The topological polar surface area (TPSA) is 83.7 Å². The maximum atomic E-state index is 11.7. The van der Waals surface area contributed by atoms with Gasteiger partial charge in [0.2, 0.25) is 0 Å². The number of amides is 2. The zero-order valence-corrected chi connectivity index (χ0v) is 12.4. The van der Waals surface area contributed by atoms with Crippen LogP contribution in [0.5, 0.6) is 5.75 Å². The summed E-state index contributed by atoms with van der Waals surface area (Å²) in [6.07, 6.45) is 1.48. The third-order valence-corrected chi connectivity index (χ3v) is 3.04. The Morgan fingerprint density at radius 1 is 1.23 bits per heavy atom. The lowest BCUT2D eigenvalue weighted by molar-refractivity contribution is 0.0367. The molecule has 0 aliphatic rings. The summed E-state index contributed by atoms with van der Waals surface area (Å²) in [5, 5.41) is 15.4. The van der Waals surface area contributed by atoms with Crippen molar-refractivity contribution in [2.24, 2.45) is 0 Å². The van der Waals surface area contributed by atoms with Crippen LogP contribution in [0.1, 0.15) is 12.7 Å². The summed E-state index contributed by atoms with van der Waals surface area (Å²) in [6, 6.07) is 12.3. The monoisotopic (exact) mass is 304 g/mol. The number of hydrogen-bond acceptors (Lipinski definition) is 4. The van der Waals surface area contributed by atoms with Gasteiger partial charge in [-0.15, -0.1) is 0 Å². The lowest BCUT2D eigenvalue weighted by Gasteiger charge is -2.21. The van der Waals surface area contributed by atoms with Gasteiger partial charge in [-0.1, -0.05) is 18.2 Å². The summed E-state index contributed by atoms with van der Waals surface area (Å²) in [4.78, 5) is 11.7. The molecule has 6 heteroatoms. The van der Waals surface area contributed by atoms with Crippen LogP contribution >= 0.6 is 0 Å². The van der Waals surface area contributed by atoms with E-state index >= 15 is 0 Å². The van der Waals surface area contributed by atoms with Gasteiger partial charge in [-0.3, -0.25) is 0 Å². The van der Waals surface area contributed by atoms with Crippen LogP contribution in [0.25, 0.3) is 0 Å². The van der Waals surface area contributed by atoms with Gasteiger partial charge in [-0.05, 0) is 31.2 Å². The molecule has 1 atom stereocenters. The Balaban J connectivity index is 1.64. The maximum absolute atomic E-state index is 11.7. The number of carbonyl (C=O) groups excluding carboxylic acids is 1. The van der Waals surface area contributed by atoms with Gasteiger partial charge >= 0.3 is 6.03 Å². The highest BCUT2D eigenvalue weighted by Gasteiger charge is 2.26. The van der Waals surface area contributed by atoms with E-state index in [1.54, 1.807) is 19.1 Å². The smallest absolute Gasteiger partial charge is 0.315 e. The van der Waals surface area contributed by atoms with Crippen molar-refractivity contribution in [3.05, 3.63) is 54.5 Å². The molecule has 0 fully saturated rings. The van der Waals surface area contributed by atoms with Crippen molar-refractivity contribution in [2.45, 2.75) is 12.5 Å². The number of aliphatic hydroxyl groups is 1. The number of furan rings is 1. The summed E-state index contributed by atoms with van der Waals surface area (Å²) in [7, 11) is 0. The molecule has 1 aromatic carbocycles. The molecule has 2 aromatic rings. The zero-order chi connectivity index (χ0) is 15.8. The molecule has 0 bridgehead atoms. The Labute approximate surface area is 129 Å². The number of nitrogens with one attached hydrogen (secondary N) is 2. The van der Waals surface area contributed by atoms with E-state index < -0.39 is 5.60 Å². The van der Waals surface area contributed by atoms with Crippen molar-refractivity contribution in [2.75, 3.05) is 19.7 Å². The first kappa shape index (κ1) is 15.9. The van der Waals surface area contributed by atoms with E-state index in [0.29, 0.717) is 18.9 Å². The summed E-state index contributed by atoms with van der Waals surface area (Å²) in [5.41, 5.74) is -1.25. The molecule has 2 amide bonds. The average Bonchev–Trinajstić information content (AvgIpc) is 3.06. The zero-order valence-electron chi connectivity index (χ0n) is 12.4. The molecule has 2 rings (SSSR count). The van der Waals surface area contributed by atoms with E-state index in [9.17, 15) is 9.90 Å². The van der Waals surface area contributed by atoms with Crippen LogP contribution in [0.3, 0.4) is 0 Å². The Bertz CT molecular complexity index is 567. The summed E-state index contributed by atoms with van der Waals surface area (Å²) in [6.45, 7) is 2.35. The van der Waals surface area contributed by atoms with Gasteiger partial charge in [0.05, 0.1) is 19.4 Å². The predicted molar refractivity (Wildman–Crippen MR) is 81.6 cm³/mol. The molecule has 1 heterocycles. The molecule has 118 valence electrons. The third kappa shape index (κ3) is 4.82. The number of urea groups is 1. The van der Waals surface area contributed by atoms with E-state index in [1.165, 1.54) is 6.26 Å². The minimum Gasteiger partial charge on any atom is -0.492 e. The second-order valence-electron chi connectivity index (χ2n) is 5.02. The molecular formula is C16H20N2O4. The fourth-order valence-corrected chi connectivity index (χ4v) is 1.84. The normalized spacial score (nSPS) is 13.2. The maximum Gasteiger partial charge on any atom is 0.315 e. The Morgan fingerprint density at radius 2 is 2.00 bits per heavy atom.